The molecule has 7 heterocycles. The van der Waals surface area contributed by atoms with E-state index < -0.39 is 0 Å². The number of hydrogen-bond acceptors (Lipinski definition) is 8. The monoisotopic (exact) mass is 917 g/mol. The number of nitro groups is 1. The van der Waals surface area contributed by atoms with Crippen molar-refractivity contribution in [3.05, 3.63) is 16.4 Å². The van der Waals surface area contributed by atoms with Crippen LogP contribution in [0, 0.1) is 10.1 Å². The fourth-order valence-electron chi connectivity index (χ4n) is 9.50. The zero-order chi connectivity index (χ0) is 29.4. The summed E-state index contributed by atoms with van der Waals surface area (Å²) in [6, 6.07) is 0. The van der Waals surface area contributed by atoms with Crippen LogP contribution in [0.25, 0.3) is 0 Å². The van der Waals surface area contributed by atoms with Crippen molar-refractivity contribution in [2.24, 2.45) is 0 Å². The Morgan fingerprint density at radius 2 is 0.851 bits per heavy atom. The molecule has 0 aromatic carbocycles. The second kappa shape index (κ2) is 17.3. The third-order valence-electron chi connectivity index (χ3n) is 12.6. The van der Waals surface area contributed by atoms with Crippen LogP contribution in [0.3, 0.4) is 0 Å². The molecule has 0 bridgehead atoms. The number of hydrogen-bond donors (Lipinski definition) is 2. The van der Waals surface area contributed by atoms with Gasteiger partial charge in [-0.05, 0) is 0 Å². The minimum absolute atomic E-state index is 0. The van der Waals surface area contributed by atoms with Crippen LogP contribution in [0.4, 0.5) is 17.3 Å². The summed E-state index contributed by atoms with van der Waals surface area (Å²) < 4.78 is 4.89. The minimum atomic E-state index is -0.211. The SMILES string of the molecule is O=[N+]([O-])c1c(N2CC[N+]3(CCC[N+]4(CCNCC4)CC3)CC2)ncnc1N1CC[N+]2(CCC[N+]3(CCNCC3)CC2)CC1.[Br-].[Br-].[Br-].[Br-]. The molecule has 13 nitrogen and oxygen atoms in total. The van der Waals surface area contributed by atoms with Gasteiger partial charge in [0.15, 0.2) is 0 Å². The van der Waals surface area contributed by atoms with Crippen molar-refractivity contribution in [3.63, 3.8) is 0 Å². The van der Waals surface area contributed by atoms with Gasteiger partial charge in [-0.1, -0.05) is 0 Å². The first-order valence-electron chi connectivity index (χ1n) is 17.2. The predicted molar refractivity (Wildman–Crippen MR) is 167 cm³/mol. The van der Waals surface area contributed by atoms with Gasteiger partial charge in [-0.15, -0.1) is 0 Å². The molecule has 17 heteroatoms. The molecule has 2 N–H and O–H groups in total. The number of nitrogens with zero attached hydrogens (tertiary/aromatic N) is 9. The molecule has 0 amide bonds. The Labute approximate surface area is 323 Å². The van der Waals surface area contributed by atoms with Crippen LogP contribution in [0.1, 0.15) is 12.8 Å². The fourth-order valence-corrected chi connectivity index (χ4v) is 9.50. The van der Waals surface area contributed by atoms with Crippen LogP contribution in [0.5, 0.6) is 0 Å². The molecule has 6 aliphatic heterocycles. The third kappa shape index (κ3) is 8.80. The summed E-state index contributed by atoms with van der Waals surface area (Å²) in [7, 11) is 0. The summed E-state index contributed by atoms with van der Waals surface area (Å²) >= 11 is 0. The van der Waals surface area contributed by atoms with E-state index in [1.807, 2.05) is 0 Å². The molecule has 6 aliphatic rings. The van der Waals surface area contributed by atoms with Gasteiger partial charge >= 0.3 is 5.69 Å². The van der Waals surface area contributed by atoms with Gasteiger partial charge in [0.25, 0.3) is 0 Å². The first kappa shape index (κ1) is 41.2. The van der Waals surface area contributed by atoms with Gasteiger partial charge in [-0.2, -0.15) is 0 Å². The van der Waals surface area contributed by atoms with E-state index in [-0.39, 0.29) is 78.5 Å². The predicted octanol–water partition coefficient (Wildman–Crippen LogP) is -12.7. The Morgan fingerprint density at radius 1 is 0.532 bits per heavy atom. The molecule has 1 aromatic rings. The van der Waals surface area contributed by atoms with Crippen molar-refractivity contribution in [2.75, 3.05) is 167 Å². The van der Waals surface area contributed by atoms with Crippen molar-refractivity contribution >= 4 is 17.3 Å². The lowest BCUT2D eigenvalue weighted by molar-refractivity contribution is -0.964. The molecular formula is C30H55Br4N11O2. The molecule has 6 fully saturated rings. The Hall–Kier alpha value is -0.240. The number of halogens is 4. The fraction of sp³-hybridized carbons (Fsp3) is 0.867. The number of aromatic nitrogens is 2. The molecule has 47 heavy (non-hydrogen) atoms. The Kier molecular flexibility index (Phi) is 15.2. The first-order valence-corrected chi connectivity index (χ1v) is 17.2. The number of quaternary nitrogens is 4. The van der Waals surface area contributed by atoms with E-state index in [2.05, 4.69) is 30.4 Å². The lowest BCUT2D eigenvalue weighted by atomic mass is 10.2. The van der Waals surface area contributed by atoms with Gasteiger partial charge in [0.05, 0.1) is 110 Å². The zero-order valence-electron chi connectivity index (χ0n) is 27.8. The summed E-state index contributed by atoms with van der Waals surface area (Å²) in [6.45, 7) is 27.2. The van der Waals surface area contributed by atoms with Gasteiger partial charge in [-0.25, -0.2) is 9.97 Å². The van der Waals surface area contributed by atoms with Crippen molar-refractivity contribution in [1.82, 2.24) is 20.6 Å². The van der Waals surface area contributed by atoms with Gasteiger partial charge < -0.3 is 106 Å². The highest BCUT2D eigenvalue weighted by atomic mass is 79.9. The topological polar surface area (TPSA) is 99.5 Å². The Balaban J connectivity index is 0.00000150. The van der Waals surface area contributed by atoms with Crippen LogP contribution in [-0.4, -0.2) is 190 Å². The second-order valence-electron chi connectivity index (χ2n) is 14.8. The molecular weight excluding hydrogens is 866 g/mol. The van der Waals surface area contributed by atoms with E-state index in [9.17, 15) is 10.1 Å². The average Bonchev–Trinajstić information content (AvgIpc) is 3.31. The van der Waals surface area contributed by atoms with Gasteiger partial charge in [0, 0.05) is 39.0 Å². The van der Waals surface area contributed by atoms with Gasteiger partial charge in [0.2, 0.25) is 11.6 Å². The van der Waals surface area contributed by atoms with E-state index in [4.69, 9.17) is 0 Å². The summed E-state index contributed by atoms with van der Waals surface area (Å²) in [5.41, 5.74) is 0.117. The minimum Gasteiger partial charge on any atom is -1.00 e. The number of rotatable bonds is 3. The van der Waals surface area contributed by atoms with Crippen LogP contribution >= 0.6 is 0 Å². The van der Waals surface area contributed by atoms with Crippen molar-refractivity contribution in [2.45, 2.75) is 12.8 Å². The van der Waals surface area contributed by atoms with Crippen LogP contribution < -0.4 is 88.4 Å². The molecule has 4 spiro atoms. The third-order valence-corrected chi connectivity index (χ3v) is 12.6. The standard InChI is InChI=1S/C30H55N11O2.4BrH/c42-37(43)28-29(35-7-19-40(20-8-35)13-1-11-38(23-25-40)15-3-31-4-16-38)33-27-34-30(28)36-9-21-41(22-10-36)14-2-12-39(24-26-41)17-5-32-6-18-39;;;;/h27,31-32H,1-26H2;4*1H/q+4;;;;/p-4. The smallest absolute Gasteiger partial charge is 0.353 e. The van der Waals surface area contributed by atoms with Gasteiger partial charge in [-0.3, -0.25) is 10.1 Å². The molecule has 0 atom stereocenters. The molecule has 0 unspecified atom stereocenters. The van der Waals surface area contributed by atoms with E-state index in [0.29, 0.717) is 11.6 Å². The molecule has 0 radical (unpaired) electrons. The van der Waals surface area contributed by atoms with Gasteiger partial charge in [0.1, 0.15) is 32.5 Å². The largest absolute Gasteiger partial charge is 1.00 e. The molecule has 0 aliphatic carbocycles. The van der Waals surface area contributed by atoms with E-state index in [1.54, 1.807) is 6.33 Å². The quantitative estimate of drug-likeness (QED) is 0.176. The molecule has 0 saturated carbocycles. The molecule has 7 rings (SSSR count). The Morgan fingerprint density at radius 3 is 1.17 bits per heavy atom. The highest BCUT2D eigenvalue weighted by molar-refractivity contribution is 5.71. The summed E-state index contributed by atoms with van der Waals surface area (Å²) in [6.07, 6.45) is 4.14. The molecule has 1 aromatic heterocycles. The van der Waals surface area contributed by atoms with E-state index >= 15 is 0 Å². The van der Waals surface area contributed by atoms with Crippen molar-refractivity contribution in [3.8, 4) is 0 Å². The highest BCUT2D eigenvalue weighted by Gasteiger charge is 2.45. The summed E-state index contributed by atoms with van der Waals surface area (Å²) in [4.78, 5) is 25.9. The first-order chi connectivity index (χ1) is 20.9. The molecule has 270 valence electrons. The lowest BCUT2D eigenvalue weighted by Gasteiger charge is -2.46. The Bertz CT molecular complexity index is 1080. The normalized spacial score (nSPS) is 26.1. The number of anilines is 2. The zero-order valence-corrected chi connectivity index (χ0v) is 34.2. The average molecular weight is 921 g/mol. The summed E-state index contributed by atoms with van der Waals surface area (Å²) in [5, 5.41) is 19.7. The van der Waals surface area contributed by atoms with Crippen LogP contribution in [0.2, 0.25) is 0 Å². The highest BCUT2D eigenvalue weighted by Crippen LogP contribution is 2.36. The lowest BCUT2D eigenvalue weighted by Crippen LogP contribution is -3.00. The maximum Gasteiger partial charge on any atom is 0.353 e. The molecule has 6 saturated heterocycles. The van der Waals surface area contributed by atoms with E-state index in [1.165, 1.54) is 100 Å². The van der Waals surface area contributed by atoms with Crippen molar-refractivity contribution < 1.29 is 90.8 Å². The number of piperazine rings is 4. The maximum absolute atomic E-state index is 12.6. The van der Waals surface area contributed by atoms with Crippen molar-refractivity contribution in [1.29, 1.82) is 0 Å². The maximum atomic E-state index is 12.6. The van der Waals surface area contributed by atoms with Crippen LogP contribution in [0.15, 0.2) is 6.33 Å². The number of nitrogens with one attached hydrogen (secondary N) is 2. The van der Waals surface area contributed by atoms with Crippen LogP contribution in [-0.2, 0) is 0 Å². The summed E-state index contributed by atoms with van der Waals surface area (Å²) in [5.74, 6) is 1.06. The van der Waals surface area contributed by atoms with E-state index in [0.717, 1.165) is 87.5 Å². The second-order valence-corrected chi connectivity index (χ2v) is 14.8.